The molecule has 0 amide bonds. The predicted molar refractivity (Wildman–Crippen MR) is 54.0 cm³/mol. The highest BCUT2D eigenvalue weighted by Crippen LogP contribution is 2.13. The van der Waals surface area contributed by atoms with Crippen molar-refractivity contribution in [2.75, 3.05) is 5.73 Å². The Morgan fingerprint density at radius 3 is 2.67 bits per heavy atom. The minimum Gasteiger partial charge on any atom is -0.485 e. The Kier molecular flexibility index (Phi) is 2.49. The van der Waals surface area contributed by atoms with Gasteiger partial charge in [-0.25, -0.2) is 0 Å². The summed E-state index contributed by atoms with van der Waals surface area (Å²) in [6.45, 7) is 0.303. The summed E-state index contributed by atoms with van der Waals surface area (Å²) in [6, 6.07) is 7.15. The van der Waals surface area contributed by atoms with E-state index in [9.17, 15) is 0 Å². The van der Waals surface area contributed by atoms with Gasteiger partial charge in [-0.3, -0.25) is 0 Å². The Labute approximate surface area is 86.7 Å². The van der Waals surface area contributed by atoms with Gasteiger partial charge in [0.2, 0.25) is 5.82 Å². The van der Waals surface area contributed by atoms with Crippen LogP contribution in [0, 0.1) is 0 Å². The van der Waals surface area contributed by atoms with Crippen molar-refractivity contribution in [2.24, 2.45) is 7.05 Å². The zero-order valence-electron chi connectivity index (χ0n) is 8.29. The smallest absolute Gasteiger partial charge is 0.212 e. The number of nitrogens with two attached hydrogens (primary N) is 1. The van der Waals surface area contributed by atoms with Crippen molar-refractivity contribution in [3.8, 4) is 5.75 Å². The SMILES string of the molecule is Cn1nnc(COc2ccc(N)cc2)n1. The van der Waals surface area contributed by atoms with Crippen LogP contribution in [0.3, 0.4) is 0 Å². The van der Waals surface area contributed by atoms with Crippen molar-refractivity contribution in [3.63, 3.8) is 0 Å². The lowest BCUT2D eigenvalue weighted by Gasteiger charge is -2.02. The second-order valence-corrected chi connectivity index (χ2v) is 3.05. The van der Waals surface area contributed by atoms with Crippen LogP contribution in [-0.2, 0) is 13.7 Å². The summed E-state index contributed by atoms with van der Waals surface area (Å²) in [6.07, 6.45) is 0. The van der Waals surface area contributed by atoms with Gasteiger partial charge in [0.1, 0.15) is 5.75 Å². The fourth-order valence-electron chi connectivity index (χ4n) is 1.09. The lowest BCUT2D eigenvalue weighted by molar-refractivity contribution is 0.295. The number of benzene rings is 1. The molecule has 1 heterocycles. The number of anilines is 1. The van der Waals surface area contributed by atoms with E-state index >= 15 is 0 Å². The number of aryl methyl sites for hydroxylation is 1. The van der Waals surface area contributed by atoms with E-state index in [2.05, 4.69) is 15.4 Å². The third-order valence-electron chi connectivity index (χ3n) is 1.80. The van der Waals surface area contributed by atoms with E-state index in [-0.39, 0.29) is 0 Å². The van der Waals surface area contributed by atoms with Crippen molar-refractivity contribution in [2.45, 2.75) is 6.61 Å². The van der Waals surface area contributed by atoms with Crippen LogP contribution in [0.2, 0.25) is 0 Å². The molecule has 0 aliphatic carbocycles. The number of hydrogen-bond acceptors (Lipinski definition) is 5. The van der Waals surface area contributed by atoms with Crippen molar-refractivity contribution in [1.82, 2.24) is 20.2 Å². The summed E-state index contributed by atoms with van der Waals surface area (Å²) < 4.78 is 5.43. The number of nitrogens with zero attached hydrogens (tertiary/aromatic N) is 4. The maximum absolute atomic E-state index is 5.54. The van der Waals surface area contributed by atoms with E-state index in [0.717, 1.165) is 5.75 Å². The Balaban J connectivity index is 1.96. The van der Waals surface area contributed by atoms with E-state index in [1.54, 1.807) is 31.3 Å². The molecular weight excluding hydrogens is 194 g/mol. The Morgan fingerprint density at radius 2 is 2.07 bits per heavy atom. The van der Waals surface area contributed by atoms with Crippen LogP contribution in [0.15, 0.2) is 24.3 Å². The number of ether oxygens (including phenoxy) is 1. The van der Waals surface area contributed by atoms with Crippen LogP contribution in [-0.4, -0.2) is 20.2 Å². The number of tetrazole rings is 1. The molecule has 1 aromatic heterocycles. The normalized spacial score (nSPS) is 10.2. The van der Waals surface area contributed by atoms with Crippen molar-refractivity contribution >= 4 is 5.69 Å². The highest BCUT2D eigenvalue weighted by atomic mass is 16.5. The first-order valence-corrected chi connectivity index (χ1v) is 4.45. The van der Waals surface area contributed by atoms with Gasteiger partial charge in [0.05, 0.1) is 7.05 Å². The topological polar surface area (TPSA) is 78.8 Å². The van der Waals surface area contributed by atoms with Gasteiger partial charge in [-0.15, -0.1) is 10.2 Å². The monoisotopic (exact) mass is 205 g/mol. The molecule has 78 valence electrons. The van der Waals surface area contributed by atoms with Gasteiger partial charge in [-0.1, -0.05) is 0 Å². The summed E-state index contributed by atoms with van der Waals surface area (Å²) >= 11 is 0. The highest BCUT2D eigenvalue weighted by molar-refractivity contribution is 5.41. The summed E-state index contributed by atoms with van der Waals surface area (Å²) in [4.78, 5) is 1.39. The molecule has 0 atom stereocenters. The maximum atomic E-state index is 5.54. The zero-order valence-corrected chi connectivity index (χ0v) is 8.29. The number of aromatic nitrogens is 4. The summed E-state index contributed by atoms with van der Waals surface area (Å²) in [5.41, 5.74) is 6.25. The Bertz CT molecular complexity index is 436. The van der Waals surface area contributed by atoms with Crippen LogP contribution < -0.4 is 10.5 Å². The molecule has 6 heteroatoms. The molecule has 0 bridgehead atoms. The molecule has 0 aliphatic rings. The van der Waals surface area contributed by atoms with Crippen LogP contribution in [0.1, 0.15) is 5.82 Å². The van der Waals surface area contributed by atoms with Crippen LogP contribution >= 0.6 is 0 Å². The molecule has 0 radical (unpaired) electrons. The van der Waals surface area contributed by atoms with E-state index in [0.29, 0.717) is 18.1 Å². The van der Waals surface area contributed by atoms with Crippen molar-refractivity contribution < 1.29 is 4.74 Å². The lowest BCUT2D eigenvalue weighted by Crippen LogP contribution is -1.99. The first-order valence-electron chi connectivity index (χ1n) is 4.45. The van der Waals surface area contributed by atoms with E-state index in [4.69, 9.17) is 10.5 Å². The molecule has 15 heavy (non-hydrogen) atoms. The molecule has 2 N–H and O–H groups in total. The zero-order chi connectivity index (χ0) is 10.7. The molecule has 0 aliphatic heterocycles. The molecule has 0 saturated heterocycles. The number of hydrogen-bond donors (Lipinski definition) is 1. The second-order valence-electron chi connectivity index (χ2n) is 3.05. The fraction of sp³-hybridized carbons (Fsp3) is 0.222. The Hall–Kier alpha value is -2.11. The summed E-state index contributed by atoms with van der Waals surface area (Å²) in [5, 5.41) is 11.5. The molecule has 0 fully saturated rings. The fourth-order valence-corrected chi connectivity index (χ4v) is 1.09. The van der Waals surface area contributed by atoms with Gasteiger partial charge >= 0.3 is 0 Å². The highest BCUT2D eigenvalue weighted by Gasteiger charge is 2.01. The third kappa shape index (κ3) is 2.43. The van der Waals surface area contributed by atoms with E-state index < -0.39 is 0 Å². The molecule has 0 spiro atoms. The van der Waals surface area contributed by atoms with Gasteiger partial charge in [-0.2, -0.15) is 4.80 Å². The van der Waals surface area contributed by atoms with E-state index in [1.165, 1.54) is 4.80 Å². The number of rotatable bonds is 3. The number of nitrogen functional groups attached to an aromatic ring is 1. The standard InChI is InChI=1S/C9H11N5O/c1-14-12-9(11-13-14)6-15-8-4-2-7(10)3-5-8/h2-5H,6,10H2,1H3. The van der Waals surface area contributed by atoms with Gasteiger partial charge in [0.15, 0.2) is 6.61 Å². The predicted octanol–water partition coefficient (Wildman–Crippen LogP) is 0.371. The maximum Gasteiger partial charge on any atom is 0.212 e. The lowest BCUT2D eigenvalue weighted by atomic mass is 10.3. The molecular formula is C9H11N5O. The Morgan fingerprint density at radius 1 is 1.33 bits per heavy atom. The summed E-state index contributed by atoms with van der Waals surface area (Å²) in [7, 11) is 1.71. The third-order valence-corrected chi connectivity index (χ3v) is 1.80. The average molecular weight is 205 g/mol. The minimum absolute atomic E-state index is 0.303. The average Bonchev–Trinajstić information content (AvgIpc) is 2.64. The van der Waals surface area contributed by atoms with Crippen LogP contribution in [0.5, 0.6) is 5.75 Å². The summed E-state index contributed by atoms with van der Waals surface area (Å²) in [5.74, 6) is 1.28. The van der Waals surface area contributed by atoms with Crippen molar-refractivity contribution in [1.29, 1.82) is 0 Å². The molecule has 2 rings (SSSR count). The minimum atomic E-state index is 0.303. The molecule has 1 aromatic carbocycles. The second kappa shape index (κ2) is 3.95. The van der Waals surface area contributed by atoms with E-state index in [1.807, 2.05) is 0 Å². The van der Waals surface area contributed by atoms with Crippen molar-refractivity contribution in [3.05, 3.63) is 30.1 Å². The van der Waals surface area contributed by atoms with Gasteiger partial charge in [-0.05, 0) is 29.5 Å². The van der Waals surface area contributed by atoms with Gasteiger partial charge in [0.25, 0.3) is 0 Å². The largest absolute Gasteiger partial charge is 0.485 e. The molecule has 2 aromatic rings. The molecule has 6 nitrogen and oxygen atoms in total. The van der Waals surface area contributed by atoms with Gasteiger partial charge in [0, 0.05) is 5.69 Å². The van der Waals surface area contributed by atoms with Crippen LogP contribution in [0.4, 0.5) is 5.69 Å². The first-order chi connectivity index (χ1) is 7.24. The quantitative estimate of drug-likeness (QED) is 0.732. The van der Waals surface area contributed by atoms with Crippen LogP contribution in [0.25, 0.3) is 0 Å². The molecule has 0 saturated carbocycles. The molecule has 0 unspecified atom stereocenters. The van der Waals surface area contributed by atoms with Gasteiger partial charge < -0.3 is 10.5 Å². The first kappa shape index (κ1) is 9.45.